The minimum atomic E-state index is 0.239. The minimum absolute atomic E-state index is 0.239. The predicted molar refractivity (Wildman–Crippen MR) is 177 cm³/mol. The van der Waals surface area contributed by atoms with Crippen LogP contribution in [0.25, 0.3) is 21.8 Å². The van der Waals surface area contributed by atoms with Crippen LogP contribution >= 0.6 is 11.6 Å². The Morgan fingerprint density at radius 2 is 1.23 bits per heavy atom. The number of ether oxygens (including phenoxy) is 2. The monoisotopic (exact) mass is 662 g/mol. The number of nitrogens with two attached hydrogens (primary N) is 1. The van der Waals surface area contributed by atoms with Gasteiger partial charge in [-0.1, -0.05) is 21.9 Å². The Hall–Kier alpha value is -5.81. The van der Waals surface area contributed by atoms with Crippen LogP contribution in [0.2, 0.25) is 5.15 Å². The first kappa shape index (κ1) is 34.1. The van der Waals surface area contributed by atoms with E-state index in [0.29, 0.717) is 40.2 Å². The largest absolute Gasteiger partial charge is 0.438 e. The second-order valence-corrected chi connectivity index (χ2v) is 9.22. The number of hydrogen-bond donors (Lipinski definition) is 4. The fraction of sp³-hybridized carbons (Fsp3) is 0.133. The summed E-state index contributed by atoms with van der Waals surface area (Å²) in [5.41, 5.74) is 5.67. The van der Waals surface area contributed by atoms with Gasteiger partial charge in [-0.15, -0.1) is 0 Å². The Balaban J connectivity index is 0.000000197. The van der Waals surface area contributed by atoms with Gasteiger partial charge in [-0.25, -0.2) is 31.3 Å². The zero-order valence-corrected chi connectivity index (χ0v) is 26.4. The van der Waals surface area contributed by atoms with E-state index in [0.717, 1.165) is 21.8 Å². The van der Waals surface area contributed by atoms with Crippen LogP contribution in [0, 0.1) is 0 Å². The molecular weight excluding hydrogens is 632 g/mol. The molecule has 0 amide bonds. The van der Waals surface area contributed by atoms with Crippen LogP contribution in [0.4, 0.5) is 5.82 Å². The number of hydrogen-bond acceptors (Lipinski definition) is 14. The zero-order chi connectivity index (χ0) is 33.4. The minimum Gasteiger partial charge on any atom is -0.438 e. The van der Waals surface area contributed by atoms with Crippen LogP contribution < -0.4 is 20.9 Å². The Labute approximate surface area is 273 Å². The second-order valence-electron chi connectivity index (χ2n) is 8.86. The average Bonchev–Trinajstić information content (AvgIpc) is 3.74. The van der Waals surface area contributed by atoms with Crippen molar-refractivity contribution < 1.29 is 28.8 Å². The van der Waals surface area contributed by atoms with Crippen molar-refractivity contribution in [1.29, 1.82) is 0 Å². The van der Waals surface area contributed by atoms with E-state index in [-0.39, 0.29) is 5.15 Å². The zero-order valence-electron chi connectivity index (χ0n) is 25.7. The standard InChI is InChI=1S/C15H15N5O3.C14H11ClN4O2.CH5NO/c1-21-19-8-12-14(20-22-2)17-9-18-15(12)23-11-3-4-13-10(7-11)5-6-16-13;1-20-19-7-11-13(15)17-8-18-14(11)21-10-2-3-12-9(6-10)4-5-16-12;1-3-2/h3-9,16H,1-2H3,(H,17,18,20);2-8,16H,1H3;2H2,1H3/b19-8+;19-7+;. The van der Waals surface area contributed by atoms with E-state index in [2.05, 4.69) is 61.3 Å². The van der Waals surface area contributed by atoms with Gasteiger partial charge in [-0.05, 0) is 48.5 Å². The molecule has 16 nitrogen and oxygen atoms in total. The number of halogens is 1. The van der Waals surface area contributed by atoms with Crippen molar-refractivity contribution in [2.24, 2.45) is 16.2 Å². The molecule has 4 heterocycles. The molecule has 4 aromatic heterocycles. The Morgan fingerprint density at radius 1 is 0.723 bits per heavy atom. The molecule has 0 saturated heterocycles. The summed E-state index contributed by atoms with van der Waals surface area (Å²) in [6.45, 7) is 0. The van der Waals surface area contributed by atoms with Crippen LogP contribution in [-0.2, 0) is 19.4 Å². The summed E-state index contributed by atoms with van der Waals surface area (Å²) in [6, 6.07) is 15.3. The van der Waals surface area contributed by atoms with Gasteiger partial charge >= 0.3 is 0 Å². The number of H-pyrrole nitrogens is 2. The highest BCUT2D eigenvalue weighted by molar-refractivity contribution is 6.32. The van der Waals surface area contributed by atoms with Crippen molar-refractivity contribution >= 4 is 51.7 Å². The van der Waals surface area contributed by atoms with Gasteiger partial charge in [-0.3, -0.25) is 4.84 Å². The van der Waals surface area contributed by atoms with Gasteiger partial charge in [0.1, 0.15) is 49.1 Å². The van der Waals surface area contributed by atoms with Gasteiger partial charge in [-0.2, -0.15) is 0 Å². The molecule has 17 heteroatoms. The molecule has 0 saturated carbocycles. The van der Waals surface area contributed by atoms with Gasteiger partial charge in [0.15, 0.2) is 5.82 Å². The van der Waals surface area contributed by atoms with Crippen molar-refractivity contribution in [2.75, 3.05) is 33.9 Å². The number of aromatic nitrogens is 6. The summed E-state index contributed by atoms with van der Waals surface area (Å²) in [5.74, 6) is 6.69. The molecule has 0 aliphatic rings. The van der Waals surface area contributed by atoms with E-state index in [4.69, 9.17) is 30.7 Å². The molecule has 2 aromatic carbocycles. The maximum atomic E-state index is 6.03. The van der Waals surface area contributed by atoms with Gasteiger partial charge in [0.25, 0.3) is 0 Å². The molecule has 0 spiro atoms. The highest BCUT2D eigenvalue weighted by Gasteiger charge is 2.13. The highest BCUT2D eigenvalue weighted by atomic mass is 35.5. The smallest absolute Gasteiger partial charge is 0.233 e. The Kier molecular flexibility index (Phi) is 12.8. The molecule has 47 heavy (non-hydrogen) atoms. The number of rotatable bonds is 10. The number of nitrogens with one attached hydrogen (secondary N) is 3. The maximum absolute atomic E-state index is 6.03. The third-order valence-corrected chi connectivity index (χ3v) is 6.20. The molecule has 0 radical (unpaired) electrons. The first-order chi connectivity index (χ1) is 23.0. The van der Waals surface area contributed by atoms with E-state index in [9.17, 15) is 0 Å². The van der Waals surface area contributed by atoms with Gasteiger partial charge < -0.3 is 34.0 Å². The molecule has 0 atom stereocenters. The maximum Gasteiger partial charge on any atom is 0.233 e. The summed E-state index contributed by atoms with van der Waals surface area (Å²) in [6.07, 6.45) is 9.30. The molecule has 0 bridgehead atoms. The normalized spacial score (nSPS) is 10.8. The number of aromatic amines is 2. The Morgan fingerprint density at radius 3 is 1.77 bits per heavy atom. The summed E-state index contributed by atoms with van der Waals surface area (Å²) < 4.78 is 11.6. The second kappa shape index (κ2) is 17.6. The fourth-order valence-electron chi connectivity index (χ4n) is 3.93. The van der Waals surface area contributed by atoms with E-state index in [1.807, 2.05) is 60.9 Å². The molecule has 244 valence electrons. The summed E-state index contributed by atoms with van der Waals surface area (Å²) in [4.78, 5) is 40.5. The number of oxime groups is 2. The molecule has 0 aliphatic carbocycles. The number of nitrogens with zero attached hydrogens (tertiary/aromatic N) is 6. The molecule has 6 rings (SSSR count). The van der Waals surface area contributed by atoms with Gasteiger partial charge in [0.2, 0.25) is 11.8 Å². The first-order valence-electron chi connectivity index (χ1n) is 13.5. The molecule has 5 N–H and O–H groups in total. The third kappa shape index (κ3) is 9.35. The lowest BCUT2D eigenvalue weighted by molar-refractivity contribution is 0.206. The Bertz CT molecular complexity index is 1930. The molecule has 0 unspecified atom stereocenters. The fourth-order valence-corrected chi connectivity index (χ4v) is 4.10. The predicted octanol–water partition coefficient (Wildman–Crippen LogP) is 5.59. The van der Waals surface area contributed by atoms with Crippen molar-refractivity contribution in [2.45, 2.75) is 0 Å². The van der Waals surface area contributed by atoms with Crippen LogP contribution in [0.3, 0.4) is 0 Å². The summed E-state index contributed by atoms with van der Waals surface area (Å²) in [5, 5.41) is 9.74. The quantitative estimate of drug-likeness (QED) is 0.0805. The van der Waals surface area contributed by atoms with E-state index in [1.165, 1.54) is 53.5 Å². The van der Waals surface area contributed by atoms with Crippen LogP contribution in [0.5, 0.6) is 23.3 Å². The van der Waals surface area contributed by atoms with E-state index in [1.54, 1.807) is 0 Å². The molecular formula is C30H31ClN10O6. The average molecular weight is 663 g/mol. The third-order valence-electron chi connectivity index (χ3n) is 5.90. The first-order valence-corrected chi connectivity index (χ1v) is 13.9. The molecule has 0 aliphatic heterocycles. The van der Waals surface area contributed by atoms with Crippen molar-refractivity contribution in [3.63, 3.8) is 0 Å². The lowest BCUT2D eigenvalue weighted by atomic mass is 10.2. The van der Waals surface area contributed by atoms with E-state index < -0.39 is 0 Å². The SMILES string of the molecule is CO/N=C/c1c(Cl)ncnc1Oc1ccc2[nH]ccc2c1.CO/N=C/c1c(NOC)ncnc1Oc1ccc2[nH]ccc2c1.CON. The van der Waals surface area contributed by atoms with Crippen LogP contribution in [0.15, 0.2) is 83.9 Å². The van der Waals surface area contributed by atoms with Crippen LogP contribution in [0.1, 0.15) is 11.1 Å². The lowest BCUT2D eigenvalue weighted by Crippen LogP contribution is -2.05. The number of benzene rings is 2. The number of fused-ring (bicyclic) bond motifs is 2. The topological polar surface area (TPSA) is 201 Å². The van der Waals surface area contributed by atoms with Crippen LogP contribution in [-0.4, -0.2) is 70.8 Å². The lowest BCUT2D eigenvalue weighted by Gasteiger charge is -2.11. The van der Waals surface area contributed by atoms with Crippen molar-refractivity contribution in [1.82, 2.24) is 29.9 Å². The van der Waals surface area contributed by atoms with Crippen molar-refractivity contribution in [3.05, 3.63) is 89.9 Å². The summed E-state index contributed by atoms with van der Waals surface area (Å²) >= 11 is 6.03. The number of anilines is 1. The van der Waals surface area contributed by atoms with E-state index >= 15 is 0 Å². The van der Waals surface area contributed by atoms with Crippen molar-refractivity contribution in [3.8, 4) is 23.3 Å². The highest BCUT2D eigenvalue weighted by Crippen LogP contribution is 2.29. The summed E-state index contributed by atoms with van der Waals surface area (Å²) in [7, 11) is 5.78. The molecule has 0 fully saturated rings. The van der Waals surface area contributed by atoms with Gasteiger partial charge in [0.05, 0.1) is 32.2 Å². The van der Waals surface area contributed by atoms with Gasteiger partial charge in [0, 0.05) is 34.2 Å². The molecule has 6 aromatic rings.